The van der Waals surface area contributed by atoms with Gasteiger partial charge in [0, 0.05) is 5.56 Å². The first-order valence-corrected chi connectivity index (χ1v) is 5.83. The number of nitriles is 1. The number of rotatable bonds is 4. The van der Waals surface area contributed by atoms with Crippen molar-refractivity contribution in [3.05, 3.63) is 34.9 Å². The molecule has 0 heterocycles. The van der Waals surface area contributed by atoms with Gasteiger partial charge in [-0.15, -0.1) is 11.6 Å². The van der Waals surface area contributed by atoms with Crippen LogP contribution in [-0.4, -0.2) is 23.7 Å². The summed E-state index contributed by atoms with van der Waals surface area (Å²) in [4.78, 5) is 23.3. The molecule has 1 atom stereocenters. The molecule has 0 aliphatic heterocycles. The Balaban J connectivity index is 3.22. The SMILES string of the molecule is CCOC(=O)c1cc(C#N)cc(C(=O)C(C)Cl)c1. The molecule has 0 saturated carbocycles. The van der Waals surface area contributed by atoms with Crippen molar-refractivity contribution in [2.45, 2.75) is 19.2 Å². The van der Waals surface area contributed by atoms with Crippen LogP contribution in [0.4, 0.5) is 0 Å². The van der Waals surface area contributed by atoms with Crippen LogP contribution in [0, 0.1) is 11.3 Å². The number of ketones is 1. The van der Waals surface area contributed by atoms with Crippen LogP contribution in [0.25, 0.3) is 0 Å². The average Bonchev–Trinajstić information content (AvgIpc) is 2.37. The molecule has 0 aliphatic carbocycles. The van der Waals surface area contributed by atoms with Gasteiger partial charge < -0.3 is 4.74 Å². The highest BCUT2D eigenvalue weighted by atomic mass is 35.5. The van der Waals surface area contributed by atoms with Gasteiger partial charge in [-0.05, 0) is 32.0 Å². The zero-order valence-electron chi connectivity index (χ0n) is 10.1. The first-order valence-electron chi connectivity index (χ1n) is 5.40. The van der Waals surface area contributed by atoms with Crippen LogP contribution in [0.2, 0.25) is 0 Å². The molecule has 0 aliphatic rings. The Bertz CT molecular complexity index is 517. The number of halogens is 1. The van der Waals surface area contributed by atoms with Crippen molar-refractivity contribution in [1.82, 2.24) is 0 Å². The maximum absolute atomic E-state index is 11.8. The molecular weight excluding hydrogens is 254 g/mol. The largest absolute Gasteiger partial charge is 0.462 e. The highest BCUT2D eigenvalue weighted by Gasteiger charge is 2.16. The zero-order valence-corrected chi connectivity index (χ0v) is 10.8. The summed E-state index contributed by atoms with van der Waals surface area (Å²) < 4.78 is 4.83. The summed E-state index contributed by atoms with van der Waals surface area (Å²) >= 11 is 5.70. The molecule has 94 valence electrons. The van der Waals surface area contributed by atoms with E-state index < -0.39 is 11.3 Å². The lowest BCUT2D eigenvalue weighted by Gasteiger charge is -2.06. The second-order valence-corrected chi connectivity index (χ2v) is 4.27. The quantitative estimate of drug-likeness (QED) is 0.477. The summed E-state index contributed by atoms with van der Waals surface area (Å²) in [5.41, 5.74) is 0.636. The van der Waals surface area contributed by atoms with E-state index in [1.165, 1.54) is 25.1 Å². The Hall–Kier alpha value is -1.86. The summed E-state index contributed by atoms with van der Waals surface area (Å²) in [7, 11) is 0. The average molecular weight is 266 g/mol. The summed E-state index contributed by atoms with van der Waals surface area (Å²) in [6, 6.07) is 6.07. The zero-order chi connectivity index (χ0) is 13.7. The predicted octanol–water partition coefficient (Wildman–Crippen LogP) is 2.54. The van der Waals surface area contributed by atoms with E-state index in [9.17, 15) is 9.59 Å². The minimum atomic E-state index is -0.714. The van der Waals surface area contributed by atoms with Crippen LogP contribution >= 0.6 is 11.6 Å². The number of hydrogen-bond donors (Lipinski definition) is 0. The topological polar surface area (TPSA) is 67.2 Å². The third-order valence-electron chi connectivity index (χ3n) is 2.22. The molecule has 0 radical (unpaired) electrons. The predicted molar refractivity (Wildman–Crippen MR) is 66.8 cm³/mol. The summed E-state index contributed by atoms with van der Waals surface area (Å²) in [6.07, 6.45) is 0. The maximum atomic E-state index is 11.8. The molecule has 4 nitrogen and oxygen atoms in total. The van der Waals surface area contributed by atoms with Crippen molar-refractivity contribution in [2.75, 3.05) is 6.61 Å². The van der Waals surface area contributed by atoms with Crippen LogP contribution in [0.3, 0.4) is 0 Å². The molecular formula is C13H12ClNO3. The van der Waals surface area contributed by atoms with E-state index in [1.54, 1.807) is 6.92 Å². The molecule has 0 bridgehead atoms. The number of esters is 1. The van der Waals surface area contributed by atoms with Crippen LogP contribution in [0.15, 0.2) is 18.2 Å². The van der Waals surface area contributed by atoms with Crippen LogP contribution in [-0.2, 0) is 4.74 Å². The smallest absolute Gasteiger partial charge is 0.338 e. The summed E-state index contributed by atoms with van der Waals surface area (Å²) in [5.74, 6) is -0.898. The van der Waals surface area contributed by atoms with Gasteiger partial charge in [0.1, 0.15) is 0 Å². The van der Waals surface area contributed by atoms with Gasteiger partial charge in [0.25, 0.3) is 0 Å². The Morgan fingerprint density at radius 2 is 2.00 bits per heavy atom. The fourth-order valence-corrected chi connectivity index (χ4v) is 1.52. The third kappa shape index (κ3) is 3.31. The number of carbonyl (C=O) groups is 2. The molecule has 0 amide bonds. The highest BCUT2D eigenvalue weighted by molar-refractivity contribution is 6.33. The van der Waals surface area contributed by atoms with Crippen molar-refractivity contribution >= 4 is 23.4 Å². The Labute approximate surface area is 110 Å². The lowest BCUT2D eigenvalue weighted by Crippen LogP contribution is -2.13. The van der Waals surface area contributed by atoms with Gasteiger partial charge >= 0.3 is 5.97 Å². The van der Waals surface area contributed by atoms with E-state index in [4.69, 9.17) is 21.6 Å². The van der Waals surface area contributed by atoms with Crippen LogP contribution in [0.5, 0.6) is 0 Å². The molecule has 1 rings (SSSR count). The Kier molecular flexibility index (Phi) is 4.87. The van der Waals surface area contributed by atoms with Gasteiger partial charge in [0.15, 0.2) is 5.78 Å². The van der Waals surface area contributed by atoms with Crippen molar-refractivity contribution in [1.29, 1.82) is 5.26 Å². The van der Waals surface area contributed by atoms with Crippen LogP contribution in [0.1, 0.15) is 40.1 Å². The van der Waals surface area contributed by atoms with E-state index in [0.29, 0.717) is 0 Å². The van der Waals surface area contributed by atoms with Crippen molar-refractivity contribution in [2.24, 2.45) is 0 Å². The van der Waals surface area contributed by atoms with E-state index in [-0.39, 0.29) is 29.1 Å². The fourth-order valence-electron chi connectivity index (χ4n) is 1.40. The first kappa shape index (κ1) is 14.2. The first-order chi connectivity index (χ1) is 8.49. The maximum Gasteiger partial charge on any atom is 0.338 e. The standard InChI is InChI=1S/C13H12ClNO3/c1-3-18-13(17)11-5-9(7-15)4-10(6-11)12(16)8(2)14/h4-6,8H,3H2,1-2H3. The number of hydrogen-bond acceptors (Lipinski definition) is 4. The Morgan fingerprint density at radius 3 is 2.50 bits per heavy atom. The second kappa shape index (κ2) is 6.18. The number of ether oxygens (including phenoxy) is 1. The summed E-state index contributed by atoms with van der Waals surface area (Å²) in [6.45, 7) is 3.44. The number of alkyl halides is 1. The molecule has 0 aromatic heterocycles. The van der Waals surface area contributed by atoms with E-state index in [2.05, 4.69) is 0 Å². The monoisotopic (exact) mass is 265 g/mol. The molecule has 5 heteroatoms. The van der Waals surface area contributed by atoms with Gasteiger partial charge in [0.05, 0.1) is 29.2 Å². The molecule has 0 saturated heterocycles. The lowest BCUT2D eigenvalue weighted by atomic mass is 10.0. The normalized spacial score (nSPS) is 11.4. The van der Waals surface area contributed by atoms with Crippen molar-refractivity contribution < 1.29 is 14.3 Å². The number of nitrogens with zero attached hydrogens (tertiary/aromatic N) is 1. The number of Topliss-reactive ketones (excluding diaryl/α,β-unsaturated/α-hetero) is 1. The van der Waals surface area contributed by atoms with Gasteiger partial charge in [-0.2, -0.15) is 5.26 Å². The summed E-state index contributed by atoms with van der Waals surface area (Å²) in [5, 5.41) is 8.16. The number of benzene rings is 1. The molecule has 0 fully saturated rings. The van der Waals surface area contributed by atoms with Crippen LogP contribution < -0.4 is 0 Å². The van der Waals surface area contributed by atoms with E-state index in [1.807, 2.05) is 6.07 Å². The molecule has 0 spiro atoms. The third-order valence-corrected chi connectivity index (χ3v) is 2.42. The fraction of sp³-hybridized carbons (Fsp3) is 0.308. The molecule has 1 aromatic carbocycles. The minimum Gasteiger partial charge on any atom is -0.462 e. The molecule has 18 heavy (non-hydrogen) atoms. The minimum absolute atomic E-state index is 0.177. The molecule has 1 unspecified atom stereocenters. The highest BCUT2D eigenvalue weighted by Crippen LogP contribution is 2.15. The Morgan fingerprint density at radius 1 is 1.39 bits per heavy atom. The second-order valence-electron chi connectivity index (χ2n) is 3.61. The van der Waals surface area contributed by atoms with Gasteiger partial charge in [-0.25, -0.2) is 4.79 Å². The van der Waals surface area contributed by atoms with Gasteiger partial charge in [-0.1, -0.05) is 0 Å². The van der Waals surface area contributed by atoms with E-state index >= 15 is 0 Å². The van der Waals surface area contributed by atoms with E-state index in [0.717, 1.165) is 0 Å². The molecule has 0 N–H and O–H groups in total. The number of carbonyl (C=O) groups excluding carboxylic acids is 2. The molecule has 1 aromatic rings. The van der Waals surface area contributed by atoms with Gasteiger partial charge in [-0.3, -0.25) is 4.79 Å². The lowest BCUT2D eigenvalue weighted by molar-refractivity contribution is 0.0526. The van der Waals surface area contributed by atoms with Crippen molar-refractivity contribution in [3.8, 4) is 6.07 Å². The van der Waals surface area contributed by atoms with Crippen molar-refractivity contribution in [3.63, 3.8) is 0 Å². The van der Waals surface area contributed by atoms with Gasteiger partial charge in [0.2, 0.25) is 0 Å².